The van der Waals surface area contributed by atoms with Crippen LogP contribution in [0.2, 0.25) is 10.0 Å². The molecule has 1 aliphatic rings. The summed E-state index contributed by atoms with van der Waals surface area (Å²) in [7, 11) is 0. The minimum Gasteiger partial charge on any atom is -0.480 e. The normalized spacial score (nSPS) is 14.7. The average Bonchev–Trinajstić information content (AvgIpc) is 3.11. The fourth-order valence-electron chi connectivity index (χ4n) is 3.35. The molecule has 1 saturated heterocycles. The molecule has 30 heavy (non-hydrogen) atoms. The third kappa shape index (κ3) is 6.04. The van der Waals surface area contributed by atoms with Crippen molar-refractivity contribution >= 4 is 57.8 Å². The molecule has 0 radical (unpaired) electrons. The summed E-state index contributed by atoms with van der Waals surface area (Å²) in [6, 6.07) is 4.75. The van der Waals surface area contributed by atoms with E-state index in [-0.39, 0.29) is 69.0 Å². The highest BCUT2D eigenvalue weighted by atomic mass is 79.9. The number of ketones is 1. The smallest absolute Gasteiger partial charge is 0.317 e. The fourth-order valence-corrected chi connectivity index (χ4v) is 3.96. The van der Waals surface area contributed by atoms with Crippen LogP contribution in [-0.2, 0) is 11.2 Å². The summed E-state index contributed by atoms with van der Waals surface area (Å²) in [6.07, 6.45) is 2.67. The van der Waals surface area contributed by atoms with Crippen molar-refractivity contribution in [1.29, 1.82) is 0 Å². The van der Waals surface area contributed by atoms with Crippen LogP contribution >= 0.6 is 40.2 Å². The number of aliphatic carboxylic acids is 1. The third-order valence-corrected chi connectivity index (χ3v) is 5.45. The quantitative estimate of drug-likeness (QED) is 0.484. The monoisotopic (exact) mass is 518 g/mol. The molecule has 0 atom stereocenters. The topological polar surface area (TPSA) is 115 Å². The van der Waals surface area contributed by atoms with Crippen molar-refractivity contribution in [3.63, 3.8) is 0 Å². The van der Waals surface area contributed by atoms with Crippen LogP contribution in [-0.4, -0.2) is 63.5 Å². The second kappa shape index (κ2) is 10.9. The summed E-state index contributed by atoms with van der Waals surface area (Å²) in [5.41, 5.74) is 0.885. The van der Waals surface area contributed by atoms with Gasteiger partial charge in [0.2, 0.25) is 0 Å². The van der Waals surface area contributed by atoms with Crippen molar-refractivity contribution in [2.24, 2.45) is 0 Å². The Balaban J connectivity index is 0.00000320. The van der Waals surface area contributed by atoms with Gasteiger partial charge in [-0.3, -0.25) is 24.4 Å². The van der Waals surface area contributed by atoms with Gasteiger partial charge in [0.1, 0.15) is 5.69 Å². The van der Waals surface area contributed by atoms with Crippen molar-refractivity contribution < 1.29 is 19.5 Å². The second-order valence-corrected chi connectivity index (χ2v) is 7.70. The molecule has 0 saturated carbocycles. The van der Waals surface area contributed by atoms with Gasteiger partial charge in [-0.25, -0.2) is 0 Å². The number of hydrogen-bond donors (Lipinski definition) is 3. The fraction of sp³-hybridized carbons (Fsp3) is 0.368. The minimum absolute atomic E-state index is 0. The molecule has 162 valence electrons. The maximum absolute atomic E-state index is 12.7. The van der Waals surface area contributed by atoms with Gasteiger partial charge >= 0.3 is 5.97 Å². The summed E-state index contributed by atoms with van der Waals surface area (Å²) in [6.45, 7) is 1.19. The molecule has 3 rings (SSSR count). The first kappa shape index (κ1) is 24.3. The van der Waals surface area contributed by atoms with Crippen LogP contribution < -0.4 is 5.32 Å². The number of carboxylic acids is 1. The highest BCUT2D eigenvalue weighted by Crippen LogP contribution is 2.26. The molecule has 11 heteroatoms. The number of carbonyl (C=O) groups is 3. The number of rotatable bonds is 7. The molecule has 0 aliphatic carbocycles. The zero-order valence-electron chi connectivity index (χ0n) is 15.9. The van der Waals surface area contributed by atoms with Crippen molar-refractivity contribution in [3.8, 4) is 0 Å². The number of aromatic nitrogens is 2. The highest BCUT2D eigenvalue weighted by Gasteiger charge is 2.25. The zero-order valence-corrected chi connectivity index (χ0v) is 19.1. The Bertz CT molecular complexity index is 909. The number of hydrogen-bond acceptors (Lipinski definition) is 5. The molecule has 1 aliphatic heterocycles. The standard InChI is InChI=1S/C19H20Cl2N4O4.BrH/c20-13-2-1-3-14(21)17(13)15(26)8-11-9-22-24-18(11)19(29)23-12-4-6-25(7-5-12)10-16(27)28;/h1-3,9,12H,4-8,10H2,(H,22,24)(H,23,29)(H,27,28);1H. The molecule has 0 spiro atoms. The minimum atomic E-state index is -0.863. The Kier molecular flexibility index (Phi) is 8.84. The van der Waals surface area contributed by atoms with E-state index in [1.165, 1.54) is 6.20 Å². The lowest BCUT2D eigenvalue weighted by atomic mass is 10.0. The van der Waals surface area contributed by atoms with E-state index in [1.807, 2.05) is 4.90 Å². The number of likely N-dealkylation sites (tertiary alicyclic amines) is 1. The lowest BCUT2D eigenvalue weighted by Gasteiger charge is -2.31. The predicted molar refractivity (Wildman–Crippen MR) is 118 cm³/mol. The first-order valence-electron chi connectivity index (χ1n) is 9.09. The van der Waals surface area contributed by atoms with Crippen LogP contribution in [0.5, 0.6) is 0 Å². The highest BCUT2D eigenvalue weighted by molar-refractivity contribution is 8.93. The Labute approximate surface area is 193 Å². The number of Topliss-reactive ketones (excluding diaryl/α,β-unsaturated/α-hetero) is 1. The van der Waals surface area contributed by atoms with E-state index < -0.39 is 5.97 Å². The number of nitrogens with zero attached hydrogens (tertiary/aromatic N) is 2. The maximum Gasteiger partial charge on any atom is 0.317 e. The lowest BCUT2D eigenvalue weighted by molar-refractivity contribution is -0.138. The molecule has 1 fully saturated rings. The van der Waals surface area contributed by atoms with Gasteiger partial charge in [-0.15, -0.1) is 17.0 Å². The van der Waals surface area contributed by atoms with Crippen molar-refractivity contribution in [1.82, 2.24) is 20.4 Å². The number of benzene rings is 1. The van der Waals surface area contributed by atoms with Crippen LogP contribution in [0.25, 0.3) is 0 Å². The molecule has 3 N–H and O–H groups in total. The van der Waals surface area contributed by atoms with Crippen molar-refractivity contribution in [2.45, 2.75) is 25.3 Å². The van der Waals surface area contributed by atoms with Crippen molar-refractivity contribution in [3.05, 3.63) is 51.3 Å². The first-order chi connectivity index (χ1) is 13.8. The van der Waals surface area contributed by atoms with Gasteiger partial charge in [0.25, 0.3) is 5.91 Å². The zero-order chi connectivity index (χ0) is 21.0. The van der Waals surface area contributed by atoms with Crippen LogP contribution in [0.15, 0.2) is 24.4 Å². The lowest BCUT2D eigenvalue weighted by Crippen LogP contribution is -2.46. The molecular formula is C19H21BrCl2N4O4. The van der Waals surface area contributed by atoms with E-state index in [1.54, 1.807) is 18.2 Å². The van der Waals surface area contributed by atoms with Crippen LogP contribution in [0.1, 0.15) is 39.3 Å². The molecule has 2 aromatic rings. The molecule has 1 aromatic carbocycles. The molecule has 1 aromatic heterocycles. The van der Waals surface area contributed by atoms with E-state index in [2.05, 4.69) is 15.5 Å². The average molecular weight is 520 g/mol. The number of carboxylic acid groups (broad SMARTS) is 1. The molecule has 8 nitrogen and oxygen atoms in total. The Morgan fingerprint density at radius 3 is 2.43 bits per heavy atom. The van der Waals surface area contributed by atoms with Crippen LogP contribution in [0, 0.1) is 0 Å². The van der Waals surface area contributed by atoms with E-state index in [4.69, 9.17) is 28.3 Å². The van der Waals surface area contributed by atoms with Gasteiger partial charge in [-0.2, -0.15) is 5.10 Å². The predicted octanol–water partition coefficient (Wildman–Crippen LogP) is 3.00. The summed E-state index contributed by atoms with van der Waals surface area (Å²) >= 11 is 12.2. The van der Waals surface area contributed by atoms with Crippen LogP contribution in [0.4, 0.5) is 0 Å². The third-order valence-electron chi connectivity index (χ3n) is 4.82. The van der Waals surface area contributed by atoms with Crippen LogP contribution in [0.3, 0.4) is 0 Å². The largest absolute Gasteiger partial charge is 0.480 e. The number of nitrogens with one attached hydrogen (secondary N) is 2. The summed E-state index contributed by atoms with van der Waals surface area (Å²) in [4.78, 5) is 37.9. The molecule has 1 amide bonds. The molecule has 0 unspecified atom stereocenters. The SMILES string of the molecule is Br.O=C(O)CN1CCC(NC(=O)c2[nH]ncc2CC(=O)c2c(Cl)cccc2Cl)CC1. The van der Waals surface area contributed by atoms with E-state index >= 15 is 0 Å². The summed E-state index contributed by atoms with van der Waals surface area (Å²) < 4.78 is 0. The van der Waals surface area contributed by atoms with E-state index in [0.29, 0.717) is 31.5 Å². The summed E-state index contributed by atoms with van der Waals surface area (Å²) in [5.74, 6) is -1.52. The van der Waals surface area contributed by atoms with E-state index in [9.17, 15) is 14.4 Å². The van der Waals surface area contributed by atoms with Gasteiger partial charge in [-0.05, 0) is 25.0 Å². The second-order valence-electron chi connectivity index (χ2n) is 6.88. The first-order valence-corrected chi connectivity index (χ1v) is 9.85. The Hall–Kier alpha value is -1.94. The number of piperidine rings is 1. The van der Waals surface area contributed by atoms with Gasteiger partial charge in [0, 0.05) is 31.1 Å². The van der Waals surface area contributed by atoms with E-state index in [0.717, 1.165) is 0 Å². The molecule has 0 bridgehead atoms. The van der Waals surface area contributed by atoms with Gasteiger partial charge in [0.15, 0.2) is 5.78 Å². The number of H-pyrrole nitrogens is 1. The van der Waals surface area contributed by atoms with Gasteiger partial charge in [-0.1, -0.05) is 29.3 Å². The Morgan fingerprint density at radius 2 is 1.83 bits per heavy atom. The van der Waals surface area contributed by atoms with Crippen molar-refractivity contribution in [2.75, 3.05) is 19.6 Å². The number of halogens is 3. The molecule has 2 heterocycles. The number of carbonyl (C=O) groups excluding carboxylic acids is 2. The summed E-state index contributed by atoms with van der Waals surface area (Å²) in [5, 5.41) is 18.8. The maximum atomic E-state index is 12.7. The number of aromatic amines is 1. The van der Waals surface area contributed by atoms with Gasteiger partial charge in [0.05, 0.1) is 28.4 Å². The molecular weight excluding hydrogens is 499 g/mol. The number of amides is 1. The van der Waals surface area contributed by atoms with Gasteiger partial charge < -0.3 is 10.4 Å². The Morgan fingerprint density at radius 1 is 1.20 bits per heavy atom.